The Hall–Kier alpha value is -3.15. The molecule has 3 amide bonds. The maximum atomic E-state index is 12.9. The number of likely N-dealkylation sites (tertiary alicyclic amines) is 1. The lowest BCUT2D eigenvalue weighted by atomic mass is 10.1. The summed E-state index contributed by atoms with van der Waals surface area (Å²) in [6, 6.07) is 13.0. The molecular weight excluding hydrogens is 390 g/mol. The van der Waals surface area contributed by atoms with Crippen molar-refractivity contribution in [2.45, 2.75) is 39.5 Å². The summed E-state index contributed by atoms with van der Waals surface area (Å²) in [5.74, 6) is -0.645. The van der Waals surface area contributed by atoms with E-state index in [0.29, 0.717) is 17.8 Å². The van der Waals surface area contributed by atoms with E-state index in [2.05, 4.69) is 5.32 Å². The van der Waals surface area contributed by atoms with E-state index in [9.17, 15) is 14.4 Å². The van der Waals surface area contributed by atoms with Crippen molar-refractivity contribution in [3.8, 4) is 0 Å². The third-order valence-corrected chi connectivity index (χ3v) is 6.38. The smallest absolute Gasteiger partial charge is 0.253 e. The number of anilines is 2. The topological polar surface area (TPSA) is 69.7 Å². The molecule has 0 radical (unpaired) electrons. The van der Waals surface area contributed by atoms with Crippen LogP contribution in [-0.4, -0.2) is 42.3 Å². The zero-order valence-electron chi connectivity index (χ0n) is 18.2. The molecule has 1 unspecified atom stereocenters. The minimum absolute atomic E-state index is 0.00735. The molecule has 2 aromatic rings. The van der Waals surface area contributed by atoms with Gasteiger partial charge in [-0.1, -0.05) is 18.2 Å². The second kappa shape index (κ2) is 8.92. The first-order valence-corrected chi connectivity index (χ1v) is 11.0. The van der Waals surface area contributed by atoms with Crippen LogP contribution < -0.4 is 10.2 Å². The molecule has 1 atom stereocenters. The highest BCUT2D eigenvalue weighted by molar-refractivity contribution is 6.04. The Morgan fingerprint density at radius 2 is 1.74 bits per heavy atom. The quantitative estimate of drug-likeness (QED) is 0.817. The average Bonchev–Trinajstić information content (AvgIpc) is 3.17. The van der Waals surface area contributed by atoms with Crippen LogP contribution in [0.25, 0.3) is 0 Å². The fraction of sp³-hybridized carbons (Fsp3) is 0.400. The minimum Gasteiger partial charge on any atom is -0.339 e. The number of aryl methyl sites for hydroxylation is 1. The van der Waals surface area contributed by atoms with Crippen LogP contribution in [0.2, 0.25) is 0 Å². The van der Waals surface area contributed by atoms with Crippen molar-refractivity contribution in [3.63, 3.8) is 0 Å². The van der Waals surface area contributed by atoms with E-state index in [-0.39, 0.29) is 24.1 Å². The number of benzene rings is 2. The summed E-state index contributed by atoms with van der Waals surface area (Å²) < 4.78 is 0. The number of carbonyl (C=O) groups excluding carboxylic acids is 3. The van der Waals surface area contributed by atoms with Crippen molar-refractivity contribution >= 4 is 29.1 Å². The lowest BCUT2D eigenvalue weighted by molar-refractivity contribution is -0.122. The molecule has 2 saturated heterocycles. The van der Waals surface area contributed by atoms with Crippen molar-refractivity contribution in [1.29, 1.82) is 0 Å². The van der Waals surface area contributed by atoms with Gasteiger partial charge in [0.15, 0.2) is 0 Å². The summed E-state index contributed by atoms with van der Waals surface area (Å²) in [4.78, 5) is 41.9. The molecule has 31 heavy (non-hydrogen) atoms. The van der Waals surface area contributed by atoms with Gasteiger partial charge in [-0.2, -0.15) is 0 Å². The molecule has 2 fully saturated rings. The first-order chi connectivity index (χ1) is 14.9. The van der Waals surface area contributed by atoms with Crippen molar-refractivity contribution in [1.82, 2.24) is 4.90 Å². The molecular formula is C25H29N3O3. The molecule has 0 spiro atoms. The van der Waals surface area contributed by atoms with Gasteiger partial charge in [0.2, 0.25) is 11.8 Å². The van der Waals surface area contributed by atoms with Gasteiger partial charge >= 0.3 is 0 Å². The molecule has 2 aromatic carbocycles. The second-order valence-corrected chi connectivity index (χ2v) is 8.55. The lowest BCUT2D eigenvalue weighted by Gasteiger charge is -2.26. The largest absolute Gasteiger partial charge is 0.339 e. The monoisotopic (exact) mass is 419 g/mol. The third-order valence-electron chi connectivity index (χ3n) is 6.38. The Morgan fingerprint density at radius 1 is 1.00 bits per heavy atom. The lowest BCUT2D eigenvalue weighted by Crippen LogP contribution is -2.35. The van der Waals surface area contributed by atoms with Gasteiger partial charge in [0.05, 0.1) is 5.92 Å². The number of piperidine rings is 1. The van der Waals surface area contributed by atoms with Gasteiger partial charge in [-0.15, -0.1) is 0 Å². The van der Waals surface area contributed by atoms with Crippen LogP contribution >= 0.6 is 0 Å². The zero-order chi connectivity index (χ0) is 22.0. The summed E-state index contributed by atoms with van der Waals surface area (Å²) in [7, 11) is 0. The molecule has 2 aliphatic rings. The van der Waals surface area contributed by atoms with E-state index < -0.39 is 5.92 Å². The maximum absolute atomic E-state index is 12.9. The van der Waals surface area contributed by atoms with Crippen LogP contribution in [0.15, 0.2) is 42.5 Å². The number of nitrogens with one attached hydrogen (secondary N) is 1. The highest BCUT2D eigenvalue weighted by atomic mass is 16.2. The van der Waals surface area contributed by atoms with E-state index in [1.165, 1.54) is 6.42 Å². The molecule has 6 heteroatoms. The van der Waals surface area contributed by atoms with Crippen molar-refractivity contribution in [2.75, 3.05) is 29.9 Å². The van der Waals surface area contributed by atoms with Gasteiger partial charge in [-0.3, -0.25) is 14.4 Å². The summed E-state index contributed by atoms with van der Waals surface area (Å²) in [5.41, 5.74) is 4.22. The highest BCUT2D eigenvalue weighted by Gasteiger charge is 2.36. The summed E-state index contributed by atoms with van der Waals surface area (Å²) in [6.07, 6.45) is 3.42. The predicted octanol–water partition coefficient (Wildman–Crippen LogP) is 3.92. The van der Waals surface area contributed by atoms with Crippen LogP contribution in [0.1, 0.15) is 47.2 Å². The Kier molecular flexibility index (Phi) is 6.07. The molecule has 2 heterocycles. The van der Waals surface area contributed by atoms with E-state index in [1.54, 1.807) is 29.2 Å². The predicted molar refractivity (Wildman–Crippen MR) is 121 cm³/mol. The van der Waals surface area contributed by atoms with Crippen LogP contribution in [0, 0.1) is 19.8 Å². The van der Waals surface area contributed by atoms with Gasteiger partial charge in [-0.05, 0) is 68.5 Å². The first-order valence-electron chi connectivity index (χ1n) is 11.0. The first kappa shape index (κ1) is 21.1. The van der Waals surface area contributed by atoms with Gasteiger partial charge < -0.3 is 15.1 Å². The van der Waals surface area contributed by atoms with E-state index in [1.807, 2.05) is 36.9 Å². The number of amides is 3. The average molecular weight is 420 g/mol. The Labute approximate surface area is 183 Å². The molecule has 2 aliphatic heterocycles. The molecule has 0 saturated carbocycles. The van der Waals surface area contributed by atoms with E-state index in [4.69, 9.17) is 0 Å². The summed E-state index contributed by atoms with van der Waals surface area (Å²) >= 11 is 0. The maximum Gasteiger partial charge on any atom is 0.253 e. The number of hydrogen-bond donors (Lipinski definition) is 1. The fourth-order valence-electron chi connectivity index (χ4n) is 4.40. The number of hydrogen-bond acceptors (Lipinski definition) is 3. The third kappa shape index (κ3) is 4.48. The minimum atomic E-state index is -0.422. The van der Waals surface area contributed by atoms with Gasteiger partial charge in [0.1, 0.15) is 0 Å². The summed E-state index contributed by atoms with van der Waals surface area (Å²) in [6.45, 7) is 5.95. The molecule has 0 bridgehead atoms. The second-order valence-electron chi connectivity index (χ2n) is 8.55. The molecule has 4 rings (SSSR count). The molecule has 162 valence electrons. The highest BCUT2D eigenvalue weighted by Crippen LogP contribution is 2.30. The Bertz CT molecular complexity index is 1010. The van der Waals surface area contributed by atoms with E-state index >= 15 is 0 Å². The molecule has 1 N–H and O–H groups in total. The Morgan fingerprint density at radius 3 is 2.52 bits per heavy atom. The van der Waals surface area contributed by atoms with Crippen LogP contribution in [-0.2, 0) is 9.59 Å². The van der Waals surface area contributed by atoms with Crippen LogP contribution in [0.3, 0.4) is 0 Å². The fourth-order valence-corrected chi connectivity index (χ4v) is 4.40. The van der Waals surface area contributed by atoms with Crippen molar-refractivity contribution < 1.29 is 14.4 Å². The summed E-state index contributed by atoms with van der Waals surface area (Å²) in [5, 5.41) is 2.91. The molecule has 6 nitrogen and oxygen atoms in total. The number of rotatable bonds is 4. The van der Waals surface area contributed by atoms with Gasteiger partial charge in [0.25, 0.3) is 5.91 Å². The van der Waals surface area contributed by atoms with Gasteiger partial charge in [-0.25, -0.2) is 0 Å². The molecule has 0 aromatic heterocycles. The van der Waals surface area contributed by atoms with Gasteiger partial charge in [0, 0.05) is 43.0 Å². The number of nitrogens with zero attached hydrogens (tertiary/aromatic N) is 2. The SMILES string of the molecule is Cc1cccc(N2CC(C(=O)Nc3cccc(C(=O)N4CCCCC4)c3)CC2=O)c1C. The number of carbonyl (C=O) groups is 3. The normalized spacial score (nSPS) is 18.9. The zero-order valence-corrected chi connectivity index (χ0v) is 18.2. The van der Waals surface area contributed by atoms with Crippen LogP contribution in [0.4, 0.5) is 11.4 Å². The molecule has 0 aliphatic carbocycles. The standard InChI is InChI=1S/C25H29N3O3/c1-17-8-6-11-22(18(17)2)28-16-20(15-23(28)29)24(30)26-21-10-7-9-19(14-21)25(31)27-12-4-3-5-13-27/h6-11,14,20H,3-5,12-13,15-16H2,1-2H3,(H,26,30). The van der Waals surface area contributed by atoms with Crippen molar-refractivity contribution in [2.24, 2.45) is 5.92 Å². The van der Waals surface area contributed by atoms with Crippen LogP contribution in [0.5, 0.6) is 0 Å². The van der Waals surface area contributed by atoms with Crippen molar-refractivity contribution in [3.05, 3.63) is 59.2 Å². The van der Waals surface area contributed by atoms with E-state index in [0.717, 1.165) is 42.7 Å². The Balaban J connectivity index is 1.43.